The number of hydrogen-bond acceptors (Lipinski definition) is 4. The van der Waals surface area contributed by atoms with Crippen molar-refractivity contribution in [2.24, 2.45) is 0 Å². The molecular formula is C15H16O4. The van der Waals surface area contributed by atoms with Crippen LogP contribution in [0, 0.1) is 0 Å². The van der Waals surface area contributed by atoms with Crippen LogP contribution in [0.1, 0.15) is 13.3 Å². The van der Waals surface area contributed by atoms with Gasteiger partial charge in [0.1, 0.15) is 0 Å². The monoisotopic (exact) mass is 260 g/mol. The maximum absolute atomic E-state index is 9.65. The van der Waals surface area contributed by atoms with Gasteiger partial charge in [-0.05, 0) is 24.3 Å². The van der Waals surface area contributed by atoms with Crippen LogP contribution >= 0.6 is 0 Å². The minimum absolute atomic E-state index is 0.0573. The zero-order valence-electron chi connectivity index (χ0n) is 10.6. The Kier molecular flexibility index (Phi) is 4.13. The fourth-order valence-corrected chi connectivity index (χ4v) is 1.59. The van der Waals surface area contributed by atoms with Gasteiger partial charge in [0.2, 0.25) is 6.29 Å². The molecule has 2 N–H and O–H groups in total. The highest BCUT2D eigenvalue weighted by molar-refractivity contribution is 5.39. The van der Waals surface area contributed by atoms with E-state index in [0.717, 1.165) is 0 Å². The molecule has 0 aliphatic heterocycles. The first-order valence-electron chi connectivity index (χ1n) is 6.10. The number of aromatic hydroxyl groups is 2. The molecule has 0 atom stereocenters. The van der Waals surface area contributed by atoms with Crippen LogP contribution in [0.4, 0.5) is 0 Å². The van der Waals surface area contributed by atoms with Crippen LogP contribution in [0.2, 0.25) is 0 Å². The molecule has 0 heterocycles. The van der Waals surface area contributed by atoms with Crippen molar-refractivity contribution in [3.63, 3.8) is 0 Å². The number of para-hydroxylation sites is 4. The van der Waals surface area contributed by atoms with E-state index in [1.165, 1.54) is 0 Å². The van der Waals surface area contributed by atoms with E-state index < -0.39 is 6.29 Å². The molecule has 4 heteroatoms. The molecule has 0 amide bonds. The topological polar surface area (TPSA) is 58.9 Å². The van der Waals surface area contributed by atoms with Gasteiger partial charge in [-0.2, -0.15) is 0 Å². The van der Waals surface area contributed by atoms with Gasteiger partial charge in [0.15, 0.2) is 23.0 Å². The summed E-state index contributed by atoms with van der Waals surface area (Å²) in [6.45, 7) is 1.89. The van der Waals surface area contributed by atoms with Gasteiger partial charge in [0, 0.05) is 6.42 Å². The van der Waals surface area contributed by atoms with Gasteiger partial charge in [-0.15, -0.1) is 0 Å². The summed E-state index contributed by atoms with van der Waals surface area (Å²) in [6.07, 6.45) is -0.00976. The first-order valence-corrected chi connectivity index (χ1v) is 6.10. The Hall–Kier alpha value is -2.36. The van der Waals surface area contributed by atoms with E-state index in [0.29, 0.717) is 17.9 Å². The highest BCUT2D eigenvalue weighted by Crippen LogP contribution is 2.29. The smallest absolute Gasteiger partial charge is 0.241 e. The minimum Gasteiger partial charge on any atom is -0.504 e. The van der Waals surface area contributed by atoms with Crippen LogP contribution in [0.15, 0.2) is 48.5 Å². The van der Waals surface area contributed by atoms with Crippen molar-refractivity contribution in [1.29, 1.82) is 0 Å². The van der Waals surface area contributed by atoms with Gasteiger partial charge in [0.05, 0.1) is 0 Å². The second-order valence-corrected chi connectivity index (χ2v) is 4.01. The van der Waals surface area contributed by atoms with Crippen molar-refractivity contribution in [3.8, 4) is 23.0 Å². The molecule has 0 saturated carbocycles. The average molecular weight is 260 g/mol. The molecular weight excluding hydrogens is 244 g/mol. The quantitative estimate of drug-likeness (QED) is 0.810. The predicted octanol–water partition coefficient (Wildman–Crippen LogP) is 3.29. The number of phenols is 2. The van der Waals surface area contributed by atoms with Crippen molar-refractivity contribution in [2.75, 3.05) is 0 Å². The van der Waals surface area contributed by atoms with E-state index in [9.17, 15) is 10.2 Å². The molecule has 0 aliphatic rings. The van der Waals surface area contributed by atoms with E-state index in [2.05, 4.69) is 0 Å². The Bertz CT molecular complexity index is 492. The summed E-state index contributed by atoms with van der Waals surface area (Å²) in [5, 5.41) is 19.3. The largest absolute Gasteiger partial charge is 0.504 e. The molecule has 19 heavy (non-hydrogen) atoms. The normalized spacial score (nSPS) is 10.4. The highest BCUT2D eigenvalue weighted by atomic mass is 16.7. The number of ether oxygens (including phenoxy) is 2. The zero-order valence-corrected chi connectivity index (χ0v) is 10.6. The maximum atomic E-state index is 9.65. The van der Waals surface area contributed by atoms with E-state index >= 15 is 0 Å². The molecule has 4 nitrogen and oxygen atoms in total. The number of benzene rings is 2. The van der Waals surface area contributed by atoms with Crippen molar-refractivity contribution in [2.45, 2.75) is 19.6 Å². The molecule has 2 rings (SSSR count). The van der Waals surface area contributed by atoms with Gasteiger partial charge in [-0.25, -0.2) is 0 Å². The number of phenolic OH excluding ortho intramolecular Hbond substituents is 2. The Balaban J connectivity index is 2.09. The molecule has 2 aromatic rings. The predicted molar refractivity (Wildman–Crippen MR) is 71.5 cm³/mol. The minimum atomic E-state index is -0.582. The number of hydrogen-bond donors (Lipinski definition) is 2. The van der Waals surface area contributed by atoms with Gasteiger partial charge in [-0.1, -0.05) is 31.2 Å². The van der Waals surface area contributed by atoms with Gasteiger partial charge >= 0.3 is 0 Å². The van der Waals surface area contributed by atoms with Crippen LogP contribution in [0.5, 0.6) is 23.0 Å². The molecule has 2 aromatic carbocycles. The molecule has 0 spiro atoms. The molecule has 0 saturated heterocycles. The number of rotatable bonds is 5. The lowest BCUT2D eigenvalue weighted by Crippen LogP contribution is -2.22. The average Bonchev–Trinajstić information content (AvgIpc) is 2.42. The molecule has 100 valence electrons. The first kappa shape index (κ1) is 13.1. The fraction of sp³-hybridized carbons (Fsp3) is 0.200. The maximum Gasteiger partial charge on any atom is 0.241 e. The van der Waals surface area contributed by atoms with Gasteiger partial charge in [-0.3, -0.25) is 0 Å². The summed E-state index contributed by atoms with van der Waals surface area (Å²) >= 11 is 0. The van der Waals surface area contributed by atoms with E-state index in [4.69, 9.17) is 9.47 Å². The summed E-state index contributed by atoms with van der Waals surface area (Å²) in [4.78, 5) is 0. The van der Waals surface area contributed by atoms with Crippen LogP contribution in [-0.2, 0) is 0 Å². The third-order valence-electron chi connectivity index (χ3n) is 2.58. The SMILES string of the molecule is CCC(Oc1ccccc1O)Oc1ccccc1O. The Morgan fingerprint density at radius 3 is 1.63 bits per heavy atom. The second kappa shape index (κ2) is 6.00. The molecule has 0 aromatic heterocycles. The Labute approximate surface area is 111 Å². The first-order chi connectivity index (χ1) is 9.20. The second-order valence-electron chi connectivity index (χ2n) is 4.01. The molecule has 0 bridgehead atoms. The van der Waals surface area contributed by atoms with E-state index in [1.807, 2.05) is 6.92 Å². The Morgan fingerprint density at radius 2 is 1.26 bits per heavy atom. The van der Waals surface area contributed by atoms with Crippen LogP contribution in [0.25, 0.3) is 0 Å². The third kappa shape index (κ3) is 3.31. The van der Waals surface area contributed by atoms with Crippen LogP contribution in [0.3, 0.4) is 0 Å². The molecule has 0 radical (unpaired) electrons. The Morgan fingerprint density at radius 1 is 0.842 bits per heavy atom. The highest BCUT2D eigenvalue weighted by Gasteiger charge is 2.13. The van der Waals surface area contributed by atoms with E-state index in [1.54, 1.807) is 48.5 Å². The zero-order chi connectivity index (χ0) is 13.7. The third-order valence-corrected chi connectivity index (χ3v) is 2.58. The molecule has 0 unspecified atom stereocenters. The summed E-state index contributed by atoms with van der Waals surface area (Å²) < 4.78 is 11.1. The lowest BCUT2D eigenvalue weighted by atomic mass is 10.3. The lowest BCUT2D eigenvalue weighted by Gasteiger charge is -2.20. The van der Waals surface area contributed by atoms with Crippen molar-refractivity contribution < 1.29 is 19.7 Å². The molecule has 0 fully saturated rings. The van der Waals surface area contributed by atoms with Crippen molar-refractivity contribution >= 4 is 0 Å². The van der Waals surface area contributed by atoms with Crippen molar-refractivity contribution in [3.05, 3.63) is 48.5 Å². The molecule has 0 aliphatic carbocycles. The van der Waals surface area contributed by atoms with Crippen LogP contribution in [-0.4, -0.2) is 16.5 Å². The summed E-state index contributed by atoms with van der Waals surface area (Å²) in [6, 6.07) is 13.4. The lowest BCUT2D eigenvalue weighted by molar-refractivity contribution is -0.000208. The van der Waals surface area contributed by atoms with Gasteiger partial charge < -0.3 is 19.7 Å². The summed E-state index contributed by atoms with van der Waals surface area (Å²) in [5.41, 5.74) is 0. The van der Waals surface area contributed by atoms with Gasteiger partial charge in [0.25, 0.3) is 0 Å². The fourth-order valence-electron chi connectivity index (χ4n) is 1.59. The summed E-state index contributed by atoms with van der Waals surface area (Å²) in [5.74, 6) is 0.818. The van der Waals surface area contributed by atoms with E-state index in [-0.39, 0.29) is 11.5 Å². The van der Waals surface area contributed by atoms with Crippen LogP contribution < -0.4 is 9.47 Å². The standard InChI is InChI=1S/C15H16O4/c1-2-15(18-13-9-5-3-7-11(13)16)19-14-10-6-4-8-12(14)17/h3-10,15-17H,2H2,1H3. The van der Waals surface area contributed by atoms with Crippen molar-refractivity contribution in [1.82, 2.24) is 0 Å². The summed E-state index contributed by atoms with van der Waals surface area (Å²) in [7, 11) is 0.